The zero-order valence-corrected chi connectivity index (χ0v) is 24.1. The third-order valence-corrected chi connectivity index (χ3v) is 7.30. The Morgan fingerprint density at radius 3 is 2.73 bits per heavy atom. The van der Waals surface area contributed by atoms with E-state index in [2.05, 4.69) is 23.7 Å². The van der Waals surface area contributed by atoms with Gasteiger partial charge in [0.1, 0.15) is 0 Å². The van der Waals surface area contributed by atoms with Gasteiger partial charge in [-0.25, -0.2) is 4.79 Å². The van der Waals surface area contributed by atoms with Crippen LogP contribution in [0.1, 0.15) is 46.1 Å². The molecule has 0 radical (unpaired) electrons. The van der Waals surface area contributed by atoms with Gasteiger partial charge in [-0.1, -0.05) is 49.3 Å². The maximum Gasteiger partial charge on any atom is 0.332 e. The second-order valence-corrected chi connectivity index (χ2v) is 10.1. The van der Waals surface area contributed by atoms with Crippen LogP contribution in [0.5, 0.6) is 0 Å². The first kappa shape index (κ1) is 28.8. The highest BCUT2D eigenvalue weighted by Gasteiger charge is 2.26. The van der Waals surface area contributed by atoms with Crippen molar-refractivity contribution in [1.29, 1.82) is 0 Å². The van der Waals surface area contributed by atoms with Crippen molar-refractivity contribution in [3.63, 3.8) is 0 Å². The number of aliphatic imine (C=N–C) groups is 1. The minimum atomic E-state index is -0.444. The predicted molar refractivity (Wildman–Crippen MR) is 164 cm³/mol. The van der Waals surface area contributed by atoms with Gasteiger partial charge in [0.2, 0.25) is 5.95 Å². The van der Waals surface area contributed by atoms with Crippen molar-refractivity contribution < 1.29 is 0 Å². The normalized spacial score (nSPS) is 16.6. The van der Waals surface area contributed by atoms with Gasteiger partial charge < -0.3 is 10.6 Å². The number of aromatic nitrogens is 4. The topological polar surface area (TPSA) is 103 Å². The Morgan fingerprint density at radius 1 is 1.25 bits per heavy atom. The lowest BCUT2D eigenvalue weighted by Crippen LogP contribution is -2.44. The fourth-order valence-electron chi connectivity index (χ4n) is 5.04. The fraction of sp³-hybridized carbons (Fsp3) is 0.419. The molecule has 2 N–H and O–H groups in total. The van der Waals surface area contributed by atoms with Crippen LogP contribution in [-0.4, -0.2) is 43.5 Å². The molecule has 1 aliphatic rings. The summed E-state index contributed by atoms with van der Waals surface area (Å²) in [7, 11) is 1.65. The monoisotopic (exact) mass is 541 g/mol. The minimum Gasteiger partial charge on any atom is -0.341 e. The lowest BCUT2D eigenvalue weighted by Gasteiger charge is -2.31. The Hall–Kier alpha value is -4.16. The van der Waals surface area contributed by atoms with Gasteiger partial charge in [0.05, 0.1) is 24.5 Å². The molecule has 1 unspecified atom stereocenters. The van der Waals surface area contributed by atoms with Gasteiger partial charge in [-0.05, 0) is 57.2 Å². The second kappa shape index (κ2) is 12.8. The summed E-state index contributed by atoms with van der Waals surface area (Å²) < 4.78 is 4.53. The minimum absolute atomic E-state index is 0.0218. The number of nitrogens with two attached hydrogens (primary N) is 1. The number of fused-ring (bicyclic) bond motifs is 1. The van der Waals surface area contributed by atoms with Gasteiger partial charge in [-0.2, -0.15) is 4.98 Å². The number of aryl methyl sites for hydroxylation is 2. The molecule has 40 heavy (non-hydrogen) atoms. The first-order valence-corrected chi connectivity index (χ1v) is 13.9. The van der Waals surface area contributed by atoms with Crippen molar-refractivity contribution in [2.75, 3.05) is 18.0 Å². The molecule has 2 aromatic heterocycles. The average molecular weight is 542 g/mol. The van der Waals surface area contributed by atoms with Gasteiger partial charge in [0.25, 0.3) is 5.56 Å². The van der Waals surface area contributed by atoms with Crippen LogP contribution in [0, 0.1) is 11.8 Å². The molecule has 210 valence electrons. The number of hydrogen-bond donors (Lipinski definition) is 1. The predicted octanol–water partition coefficient (Wildman–Crippen LogP) is 3.71. The Balaban J connectivity index is 1.93. The van der Waals surface area contributed by atoms with Crippen LogP contribution >= 0.6 is 0 Å². The van der Waals surface area contributed by atoms with Crippen molar-refractivity contribution in [2.45, 2.75) is 66.1 Å². The number of nitrogens with zero attached hydrogens (tertiary/aromatic N) is 6. The summed E-state index contributed by atoms with van der Waals surface area (Å²) in [5, 5.41) is 0. The van der Waals surface area contributed by atoms with Gasteiger partial charge in [-0.3, -0.25) is 23.5 Å². The maximum atomic E-state index is 14.1. The molecule has 1 aliphatic heterocycles. The Bertz CT molecular complexity index is 1660. The van der Waals surface area contributed by atoms with E-state index in [0.29, 0.717) is 29.4 Å². The van der Waals surface area contributed by atoms with Crippen LogP contribution in [-0.2, 0) is 26.6 Å². The lowest BCUT2D eigenvalue weighted by molar-refractivity contribution is 0.496. The van der Waals surface area contributed by atoms with Crippen LogP contribution in [0.15, 0.2) is 62.6 Å². The zero-order valence-electron chi connectivity index (χ0n) is 24.1. The van der Waals surface area contributed by atoms with Crippen molar-refractivity contribution in [3.05, 3.63) is 74.5 Å². The molecule has 1 aromatic carbocycles. The first-order valence-electron chi connectivity index (χ1n) is 13.9. The number of anilines is 1. The molecule has 3 heterocycles. The van der Waals surface area contributed by atoms with Crippen molar-refractivity contribution in [1.82, 2.24) is 18.7 Å². The maximum absolute atomic E-state index is 14.1. The highest BCUT2D eigenvalue weighted by atomic mass is 16.2. The number of para-hydroxylation sites is 1. The van der Waals surface area contributed by atoms with E-state index in [9.17, 15) is 9.59 Å². The van der Waals surface area contributed by atoms with Crippen LogP contribution in [0.3, 0.4) is 0 Å². The van der Waals surface area contributed by atoms with Crippen molar-refractivity contribution in [2.24, 2.45) is 17.8 Å². The third-order valence-electron chi connectivity index (χ3n) is 7.30. The summed E-state index contributed by atoms with van der Waals surface area (Å²) in [6, 6.07) is 7.96. The van der Waals surface area contributed by atoms with Gasteiger partial charge >= 0.3 is 5.69 Å². The largest absolute Gasteiger partial charge is 0.341 e. The molecule has 9 heteroatoms. The number of allylic oxidation sites excluding steroid dienone is 4. The number of rotatable bonds is 8. The molecular weight excluding hydrogens is 502 g/mol. The molecule has 3 aromatic rings. The summed E-state index contributed by atoms with van der Waals surface area (Å²) in [5.41, 5.74) is 9.53. The Kier molecular flexibility index (Phi) is 9.22. The highest BCUT2D eigenvalue weighted by Crippen LogP contribution is 2.24. The van der Waals surface area contributed by atoms with E-state index >= 15 is 0 Å². The number of hydrogen-bond acceptors (Lipinski definition) is 6. The summed E-state index contributed by atoms with van der Waals surface area (Å²) in [6.07, 6.45) is 8.50. The van der Waals surface area contributed by atoms with E-state index in [1.165, 1.54) is 9.13 Å². The SMILES string of the molecule is CC#CCn1c(N2CCCC(N)C2)nc2c1c(=O)n(CC(=N/c1ccccc1CC)/C(C)=C/C=C\C)c(=O)n2C. The molecule has 4 rings (SSSR count). The molecule has 1 saturated heterocycles. The van der Waals surface area contributed by atoms with Crippen LogP contribution in [0.4, 0.5) is 11.6 Å². The zero-order chi connectivity index (χ0) is 28.8. The van der Waals surface area contributed by atoms with E-state index < -0.39 is 11.2 Å². The van der Waals surface area contributed by atoms with Gasteiger partial charge in [0.15, 0.2) is 11.2 Å². The summed E-state index contributed by atoms with van der Waals surface area (Å²) in [5.74, 6) is 6.62. The molecule has 0 saturated carbocycles. The van der Waals surface area contributed by atoms with Gasteiger partial charge in [0, 0.05) is 26.2 Å². The lowest BCUT2D eigenvalue weighted by atomic mass is 10.1. The number of imidazole rings is 1. The summed E-state index contributed by atoms with van der Waals surface area (Å²) in [6.45, 7) is 9.45. The van der Waals surface area contributed by atoms with E-state index in [1.54, 1.807) is 14.0 Å². The summed E-state index contributed by atoms with van der Waals surface area (Å²) in [4.78, 5) is 39.6. The number of benzene rings is 1. The molecule has 0 spiro atoms. The Morgan fingerprint density at radius 2 is 2.02 bits per heavy atom. The average Bonchev–Trinajstić information content (AvgIpc) is 3.35. The van der Waals surface area contributed by atoms with E-state index in [4.69, 9.17) is 15.7 Å². The van der Waals surface area contributed by atoms with Gasteiger partial charge in [-0.15, -0.1) is 5.92 Å². The quantitative estimate of drug-likeness (QED) is 0.266. The standard InChI is InChI=1S/C31H39N7O2/c1-6-9-14-22(4)26(33-25-17-12-11-15-23(25)8-3)21-38-29(39)27-28(35(5)31(38)40)34-30(37(27)19-10-7-2)36-18-13-16-24(32)20-36/h6,9,11-12,14-15,17,24H,8,13,16,18-21,32H2,1-5H3/b9-6-,22-14+,33-26-. The third kappa shape index (κ3) is 5.87. The molecule has 0 bridgehead atoms. The van der Waals surface area contributed by atoms with Crippen molar-refractivity contribution >= 4 is 28.5 Å². The van der Waals surface area contributed by atoms with E-state index in [-0.39, 0.29) is 19.1 Å². The first-order chi connectivity index (χ1) is 19.3. The Labute approximate surface area is 235 Å². The van der Waals surface area contributed by atoms with Crippen LogP contribution < -0.4 is 21.9 Å². The molecule has 1 atom stereocenters. The molecule has 9 nitrogen and oxygen atoms in total. The smallest absolute Gasteiger partial charge is 0.332 e. The molecule has 0 aliphatic carbocycles. The second-order valence-electron chi connectivity index (χ2n) is 10.1. The molecular formula is C31H39N7O2. The highest BCUT2D eigenvalue weighted by molar-refractivity contribution is 6.01. The van der Waals surface area contributed by atoms with Crippen LogP contribution in [0.2, 0.25) is 0 Å². The van der Waals surface area contributed by atoms with Crippen LogP contribution in [0.25, 0.3) is 11.2 Å². The fourth-order valence-corrected chi connectivity index (χ4v) is 5.04. The van der Waals surface area contributed by atoms with Crippen molar-refractivity contribution in [3.8, 4) is 11.8 Å². The summed E-state index contributed by atoms with van der Waals surface area (Å²) >= 11 is 0. The van der Waals surface area contributed by atoms with E-state index in [1.807, 2.05) is 60.9 Å². The van der Waals surface area contributed by atoms with E-state index in [0.717, 1.165) is 42.6 Å². The number of piperidine rings is 1. The molecule has 1 fully saturated rings. The molecule has 0 amide bonds.